The second kappa shape index (κ2) is 4.20. The van der Waals surface area contributed by atoms with E-state index in [1.807, 2.05) is 0 Å². The molecular formula is C8H9N3O2. The first kappa shape index (κ1) is 9.18. The van der Waals surface area contributed by atoms with E-state index >= 15 is 0 Å². The van der Waals surface area contributed by atoms with Crippen molar-refractivity contribution in [2.45, 2.75) is 6.54 Å². The molecule has 5 nitrogen and oxygen atoms in total. The van der Waals surface area contributed by atoms with Gasteiger partial charge in [0, 0.05) is 6.07 Å². The number of H-pyrrole nitrogens is 1. The van der Waals surface area contributed by atoms with Gasteiger partial charge in [-0.3, -0.25) is 9.59 Å². The average Bonchev–Trinajstić information content (AvgIpc) is 2.16. The molecule has 0 radical (unpaired) electrons. The number of carbonyl (C=O) groups excluding carboxylic acids is 1. The summed E-state index contributed by atoms with van der Waals surface area (Å²) in [6.45, 7) is 3.58. The van der Waals surface area contributed by atoms with Crippen molar-refractivity contribution in [3.63, 3.8) is 0 Å². The maximum atomic E-state index is 10.7. The lowest BCUT2D eigenvalue weighted by Crippen LogP contribution is -2.21. The SMILES string of the molecule is C=CC(=O)NCc1ccc(=O)[nH]n1. The summed E-state index contributed by atoms with van der Waals surface area (Å²) in [5.41, 5.74) is 0.327. The van der Waals surface area contributed by atoms with E-state index in [0.29, 0.717) is 5.69 Å². The molecule has 0 unspecified atom stereocenters. The molecule has 68 valence electrons. The molecule has 1 rings (SSSR count). The monoisotopic (exact) mass is 179 g/mol. The highest BCUT2D eigenvalue weighted by atomic mass is 16.1. The number of hydrogen-bond donors (Lipinski definition) is 2. The Morgan fingerprint density at radius 1 is 1.69 bits per heavy atom. The van der Waals surface area contributed by atoms with Crippen LogP contribution in [0.3, 0.4) is 0 Å². The quantitative estimate of drug-likeness (QED) is 0.618. The van der Waals surface area contributed by atoms with Gasteiger partial charge >= 0.3 is 0 Å². The molecular weight excluding hydrogens is 170 g/mol. The van der Waals surface area contributed by atoms with E-state index in [1.165, 1.54) is 12.1 Å². The molecule has 0 fully saturated rings. The summed E-state index contributed by atoms with van der Waals surface area (Å²) in [4.78, 5) is 21.3. The van der Waals surface area contributed by atoms with Gasteiger partial charge in [0.05, 0.1) is 12.2 Å². The predicted octanol–water partition coefficient (Wildman–Crippen LogP) is -0.428. The average molecular weight is 179 g/mol. The number of aromatic amines is 1. The fraction of sp³-hybridized carbons (Fsp3) is 0.125. The minimum atomic E-state index is -0.270. The second-order valence-electron chi connectivity index (χ2n) is 2.33. The third-order valence-corrected chi connectivity index (χ3v) is 1.37. The molecule has 0 aliphatic rings. The van der Waals surface area contributed by atoms with Crippen LogP contribution in [0.15, 0.2) is 29.6 Å². The zero-order valence-electron chi connectivity index (χ0n) is 6.91. The van der Waals surface area contributed by atoms with Crippen LogP contribution in [0.5, 0.6) is 0 Å². The Morgan fingerprint density at radius 3 is 3.00 bits per heavy atom. The molecule has 0 spiro atoms. The minimum absolute atomic E-state index is 0.265. The Balaban J connectivity index is 2.55. The van der Waals surface area contributed by atoms with Gasteiger partial charge in [-0.25, -0.2) is 5.10 Å². The highest BCUT2D eigenvalue weighted by molar-refractivity contribution is 5.86. The molecule has 0 saturated carbocycles. The summed E-state index contributed by atoms with van der Waals surface area (Å²) in [5, 5.41) is 8.48. The number of nitrogens with zero attached hydrogens (tertiary/aromatic N) is 1. The van der Waals surface area contributed by atoms with Crippen molar-refractivity contribution in [2.24, 2.45) is 0 Å². The molecule has 0 atom stereocenters. The van der Waals surface area contributed by atoms with E-state index in [9.17, 15) is 9.59 Å². The van der Waals surface area contributed by atoms with Crippen LogP contribution in [0.2, 0.25) is 0 Å². The molecule has 0 aliphatic carbocycles. The molecule has 0 bridgehead atoms. The van der Waals surface area contributed by atoms with Gasteiger partial charge in [0.2, 0.25) is 5.91 Å². The Hall–Kier alpha value is -1.91. The standard InChI is InChI=1S/C8H9N3O2/c1-2-7(12)9-5-6-3-4-8(13)11-10-6/h2-4H,1,5H2,(H,9,12)(H,11,13). The molecule has 2 N–H and O–H groups in total. The van der Waals surface area contributed by atoms with Gasteiger partial charge in [0.15, 0.2) is 0 Å². The van der Waals surface area contributed by atoms with Gasteiger partial charge in [-0.15, -0.1) is 0 Å². The van der Waals surface area contributed by atoms with Crippen LogP contribution >= 0.6 is 0 Å². The molecule has 13 heavy (non-hydrogen) atoms. The molecule has 0 aliphatic heterocycles. The first-order valence-corrected chi connectivity index (χ1v) is 3.67. The van der Waals surface area contributed by atoms with Gasteiger partial charge in [-0.2, -0.15) is 5.10 Å². The van der Waals surface area contributed by atoms with Crippen LogP contribution in [0.4, 0.5) is 0 Å². The van der Waals surface area contributed by atoms with E-state index in [4.69, 9.17) is 0 Å². The van der Waals surface area contributed by atoms with Crippen molar-refractivity contribution < 1.29 is 4.79 Å². The maximum absolute atomic E-state index is 10.7. The topological polar surface area (TPSA) is 74.8 Å². The van der Waals surface area contributed by atoms with E-state index in [-0.39, 0.29) is 18.0 Å². The maximum Gasteiger partial charge on any atom is 0.264 e. The summed E-state index contributed by atoms with van der Waals surface area (Å²) in [6.07, 6.45) is 1.17. The predicted molar refractivity (Wildman–Crippen MR) is 46.9 cm³/mol. The van der Waals surface area contributed by atoms with E-state index < -0.39 is 0 Å². The van der Waals surface area contributed by atoms with Gasteiger partial charge in [-0.1, -0.05) is 6.58 Å². The fourth-order valence-corrected chi connectivity index (χ4v) is 0.722. The van der Waals surface area contributed by atoms with Crippen LogP contribution in [0.1, 0.15) is 5.69 Å². The third-order valence-electron chi connectivity index (χ3n) is 1.37. The Morgan fingerprint density at radius 2 is 2.46 bits per heavy atom. The molecule has 5 heteroatoms. The number of nitrogens with one attached hydrogen (secondary N) is 2. The van der Waals surface area contributed by atoms with Crippen LogP contribution in [0.25, 0.3) is 0 Å². The van der Waals surface area contributed by atoms with Crippen LogP contribution < -0.4 is 10.9 Å². The van der Waals surface area contributed by atoms with Gasteiger partial charge < -0.3 is 5.32 Å². The fourth-order valence-electron chi connectivity index (χ4n) is 0.722. The van der Waals surface area contributed by atoms with Crippen LogP contribution in [0, 0.1) is 0 Å². The number of carbonyl (C=O) groups is 1. The Bertz CT molecular complexity index is 349. The summed E-state index contributed by atoms with van der Waals surface area (Å²) >= 11 is 0. The minimum Gasteiger partial charge on any atom is -0.347 e. The lowest BCUT2D eigenvalue weighted by atomic mass is 10.4. The van der Waals surface area contributed by atoms with E-state index in [0.717, 1.165) is 0 Å². The van der Waals surface area contributed by atoms with Crippen molar-refractivity contribution in [3.8, 4) is 0 Å². The largest absolute Gasteiger partial charge is 0.347 e. The first-order valence-electron chi connectivity index (χ1n) is 3.67. The lowest BCUT2D eigenvalue weighted by Gasteiger charge is -1.99. The Kier molecular flexibility index (Phi) is 2.97. The second-order valence-corrected chi connectivity index (χ2v) is 2.33. The molecule has 1 aromatic rings. The summed E-state index contributed by atoms with van der Waals surface area (Å²) < 4.78 is 0. The Labute approximate surface area is 74.5 Å². The number of rotatable bonds is 3. The summed E-state index contributed by atoms with van der Waals surface area (Å²) in [5.74, 6) is -0.270. The van der Waals surface area contributed by atoms with Gasteiger partial charge in [0.25, 0.3) is 5.56 Å². The normalized spacial score (nSPS) is 9.23. The van der Waals surface area contributed by atoms with Gasteiger partial charge in [0.1, 0.15) is 0 Å². The molecule has 1 aromatic heterocycles. The van der Waals surface area contributed by atoms with Crippen LogP contribution in [-0.4, -0.2) is 16.1 Å². The van der Waals surface area contributed by atoms with Gasteiger partial charge in [-0.05, 0) is 12.1 Å². The van der Waals surface area contributed by atoms with Crippen molar-refractivity contribution >= 4 is 5.91 Å². The van der Waals surface area contributed by atoms with E-state index in [2.05, 4.69) is 22.1 Å². The van der Waals surface area contributed by atoms with Crippen molar-refractivity contribution in [1.29, 1.82) is 0 Å². The van der Waals surface area contributed by atoms with E-state index in [1.54, 1.807) is 6.07 Å². The summed E-state index contributed by atoms with van der Waals surface area (Å²) in [6, 6.07) is 2.89. The highest BCUT2D eigenvalue weighted by Gasteiger charge is 1.96. The zero-order valence-corrected chi connectivity index (χ0v) is 6.91. The highest BCUT2D eigenvalue weighted by Crippen LogP contribution is 1.86. The lowest BCUT2D eigenvalue weighted by molar-refractivity contribution is -0.116. The van der Waals surface area contributed by atoms with Crippen molar-refractivity contribution in [1.82, 2.24) is 15.5 Å². The van der Waals surface area contributed by atoms with Crippen molar-refractivity contribution in [2.75, 3.05) is 0 Å². The third kappa shape index (κ3) is 2.90. The number of amides is 1. The molecule has 0 saturated heterocycles. The summed E-state index contributed by atoms with van der Waals surface area (Å²) in [7, 11) is 0. The number of hydrogen-bond acceptors (Lipinski definition) is 3. The smallest absolute Gasteiger partial charge is 0.264 e. The molecule has 0 aromatic carbocycles. The number of aromatic nitrogens is 2. The van der Waals surface area contributed by atoms with Crippen molar-refractivity contribution in [3.05, 3.63) is 40.8 Å². The first-order chi connectivity index (χ1) is 6.22. The zero-order chi connectivity index (χ0) is 9.68. The molecule has 1 heterocycles. The van der Waals surface area contributed by atoms with Crippen LogP contribution in [-0.2, 0) is 11.3 Å². The molecule has 1 amide bonds.